The zero-order chi connectivity index (χ0) is 17.8. The molecule has 0 fully saturated rings. The minimum atomic E-state index is -1.52. The summed E-state index contributed by atoms with van der Waals surface area (Å²) >= 11 is 5.47. The maximum absolute atomic E-state index is 12.9. The monoisotopic (exact) mass is 394 g/mol. The summed E-state index contributed by atoms with van der Waals surface area (Å²) in [5.74, 6) is -0.766. The summed E-state index contributed by atoms with van der Waals surface area (Å²) in [6.45, 7) is 0.226. The molecule has 128 valence electrons. The Morgan fingerprint density at radius 1 is 1.20 bits per heavy atom. The number of hydrogen-bond donors (Lipinski definition) is 1. The summed E-state index contributed by atoms with van der Waals surface area (Å²) < 4.78 is 25.9. The average Bonchev–Trinajstić information content (AvgIpc) is 3.11. The van der Waals surface area contributed by atoms with Gasteiger partial charge in [-0.15, -0.1) is 0 Å². The van der Waals surface area contributed by atoms with Crippen LogP contribution in [0.15, 0.2) is 63.1 Å². The minimum absolute atomic E-state index is 0.125. The smallest absolute Gasteiger partial charge is 0.276 e. The predicted octanol–water partition coefficient (Wildman–Crippen LogP) is 4.03. The normalized spacial score (nSPS) is 12.0. The Morgan fingerprint density at radius 3 is 2.56 bits per heavy atom. The Bertz CT molecular complexity index is 869. The summed E-state index contributed by atoms with van der Waals surface area (Å²) in [6, 6.07) is 12.4. The number of nitrogens with one attached hydrogen (secondary N) is 1. The Kier molecular flexibility index (Phi) is 5.70. The third kappa shape index (κ3) is 4.38. The van der Waals surface area contributed by atoms with E-state index in [1.54, 1.807) is 36.4 Å². The highest BCUT2D eigenvalue weighted by atomic mass is 35.5. The molecule has 3 aromatic rings. The van der Waals surface area contributed by atoms with Crippen molar-refractivity contribution in [1.82, 2.24) is 10.3 Å². The molecule has 1 aromatic heterocycles. The van der Waals surface area contributed by atoms with Gasteiger partial charge in [0.15, 0.2) is 10.6 Å². The Labute approximate surface area is 155 Å². The minimum Gasteiger partial charge on any atom is -0.606 e. The molecule has 1 unspecified atom stereocenters. The van der Waals surface area contributed by atoms with Crippen molar-refractivity contribution in [3.63, 3.8) is 0 Å². The molecule has 0 bridgehead atoms. The third-order valence-corrected chi connectivity index (χ3v) is 6.16. The topological polar surface area (TPSA) is 65.0 Å². The fraction of sp³-hybridized carbons (Fsp3) is 0.0588. The van der Waals surface area contributed by atoms with E-state index in [4.69, 9.17) is 11.6 Å². The van der Waals surface area contributed by atoms with Gasteiger partial charge in [0, 0.05) is 22.7 Å². The molecule has 0 saturated heterocycles. The van der Waals surface area contributed by atoms with E-state index >= 15 is 0 Å². The second kappa shape index (κ2) is 7.97. The molecule has 0 aliphatic rings. The highest BCUT2D eigenvalue weighted by Gasteiger charge is 2.26. The van der Waals surface area contributed by atoms with Crippen molar-refractivity contribution in [2.45, 2.75) is 15.6 Å². The van der Waals surface area contributed by atoms with Crippen LogP contribution in [-0.2, 0) is 17.7 Å². The van der Waals surface area contributed by atoms with Crippen LogP contribution in [0, 0.1) is 5.82 Å². The van der Waals surface area contributed by atoms with E-state index < -0.39 is 17.1 Å². The Morgan fingerprint density at radius 2 is 1.88 bits per heavy atom. The number of aromatic nitrogens is 1. The molecule has 0 saturated carbocycles. The van der Waals surface area contributed by atoms with Gasteiger partial charge in [0.25, 0.3) is 5.91 Å². The number of amides is 1. The first-order valence-corrected chi connectivity index (χ1v) is 9.59. The summed E-state index contributed by atoms with van der Waals surface area (Å²) in [5.41, 5.74) is 2.36. The standard InChI is InChI=1S/C17H12ClFN2O2S2/c18-12-3-7-14(8-4-12)25(23)17-15(21-10-24-17)16(22)20-9-11-1-5-13(19)6-2-11/h1-8,10H,9H2,(H,20,22). The number of hydrogen-bond acceptors (Lipinski definition) is 4. The first kappa shape index (κ1) is 17.9. The summed E-state index contributed by atoms with van der Waals surface area (Å²) in [4.78, 5) is 16.9. The molecule has 8 heteroatoms. The lowest BCUT2D eigenvalue weighted by atomic mass is 10.2. The molecule has 2 aromatic carbocycles. The molecular formula is C17H12ClFN2O2S2. The molecule has 0 radical (unpaired) electrons. The largest absolute Gasteiger partial charge is 0.606 e. The van der Waals surface area contributed by atoms with Crippen molar-refractivity contribution in [2.75, 3.05) is 0 Å². The molecule has 0 spiro atoms. The van der Waals surface area contributed by atoms with E-state index in [0.717, 1.165) is 16.9 Å². The number of thiazole rings is 1. The summed E-state index contributed by atoms with van der Waals surface area (Å²) in [5, 5.41) is 3.25. The highest BCUT2D eigenvalue weighted by Crippen LogP contribution is 2.28. The van der Waals surface area contributed by atoms with Crippen LogP contribution >= 0.6 is 22.9 Å². The van der Waals surface area contributed by atoms with Gasteiger partial charge in [0.1, 0.15) is 5.82 Å². The highest BCUT2D eigenvalue weighted by molar-refractivity contribution is 7.93. The zero-order valence-electron chi connectivity index (χ0n) is 12.7. The van der Waals surface area contributed by atoms with Crippen molar-refractivity contribution in [3.05, 3.63) is 76.1 Å². The van der Waals surface area contributed by atoms with Gasteiger partial charge >= 0.3 is 0 Å². The molecule has 0 aliphatic heterocycles. The number of rotatable bonds is 5. The van der Waals surface area contributed by atoms with Crippen LogP contribution in [0.1, 0.15) is 16.1 Å². The first-order valence-electron chi connectivity index (χ1n) is 7.18. The lowest BCUT2D eigenvalue weighted by Crippen LogP contribution is -2.24. The van der Waals surface area contributed by atoms with E-state index in [2.05, 4.69) is 10.3 Å². The molecule has 1 heterocycles. The SMILES string of the molecule is O=C(NCc1ccc(F)cc1)c1ncsc1[S+]([O-])c1ccc(Cl)cc1. The number of benzene rings is 2. The zero-order valence-corrected chi connectivity index (χ0v) is 15.1. The van der Waals surface area contributed by atoms with Gasteiger partial charge in [-0.05, 0) is 42.0 Å². The van der Waals surface area contributed by atoms with Crippen LogP contribution in [0.3, 0.4) is 0 Å². The molecule has 1 amide bonds. The van der Waals surface area contributed by atoms with Crippen LogP contribution < -0.4 is 5.32 Å². The maximum Gasteiger partial charge on any atom is 0.276 e. The van der Waals surface area contributed by atoms with Crippen LogP contribution in [-0.4, -0.2) is 15.4 Å². The van der Waals surface area contributed by atoms with Crippen molar-refractivity contribution in [3.8, 4) is 0 Å². The van der Waals surface area contributed by atoms with Crippen LogP contribution in [0.5, 0.6) is 0 Å². The average molecular weight is 395 g/mol. The van der Waals surface area contributed by atoms with Crippen molar-refractivity contribution in [1.29, 1.82) is 0 Å². The first-order chi connectivity index (χ1) is 12.0. The number of carbonyl (C=O) groups is 1. The number of nitrogens with zero attached hydrogens (tertiary/aromatic N) is 1. The van der Waals surface area contributed by atoms with Gasteiger partial charge in [-0.2, -0.15) is 0 Å². The molecule has 4 nitrogen and oxygen atoms in total. The quantitative estimate of drug-likeness (QED) is 0.664. The van der Waals surface area contributed by atoms with Gasteiger partial charge in [0.05, 0.1) is 5.51 Å². The third-order valence-electron chi connectivity index (χ3n) is 3.31. The molecule has 0 aliphatic carbocycles. The molecule has 1 atom stereocenters. The second-order valence-electron chi connectivity index (χ2n) is 5.02. The van der Waals surface area contributed by atoms with Gasteiger partial charge in [0.2, 0.25) is 4.21 Å². The second-order valence-corrected chi connectivity index (χ2v) is 7.99. The lowest BCUT2D eigenvalue weighted by molar-refractivity contribution is 0.0943. The number of halogens is 2. The predicted molar refractivity (Wildman–Crippen MR) is 95.8 cm³/mol. The van der Waals surface area contributed by atoms with E-state index in [1.165, 1.54) is 17.6 Å². The lowest BCUT2D eigenvalue weighted by Gasteiger charge is -2.09. The summed E-state index contributed by atoms with van der Waals surface area (Å²) in [6.07, 6.45) is 0. The van der Waals surface area contributed by atoms with Crippen LogP contribution in [0.4, 0.5) is 4.39 Å². The summed E-state index contributed by atoms with van der Waals surface area (Å²) in [7, 11) is 0. The van der Waals surface area contributed by atoms with Gasteiger partial charge in [-0.25, -0.2) is 9.37 Å². The molecule has 1 N–H and O–H groups in total. The maximum atomic E-state index is 12.9. The van der Waals surface area contributed by atoms with E-state index in [0.29, 0.717) is 14.1 Å². The van der Waals surface area contributed by atoms with Crippen molar-refractivity contribution >= 4 is 40.0 Å². The molecule has 25 heavy (non-hydrogen) atoms. The molecular weight excluding hydrogens is 383 g/mol. The van der Waals surface area contributed by atoms with Crippen molar-refractivity contribution in [2.24, 2.45) is 0 Å². The Balaban J connectivity index is 1.72. The van der Waals surface area contributed by atoms with E-state index in [9.17, 15) is 13.7 Å². The number of carbonyl (C=O) groups excluding carboxylic acids is 1. The van der Waals surface area contributed by atoms with Crippen molar-refractivity contribution < 1.29 is 13.7 Å². The van der Waals surface area contributed by atoms with Gasteiger partial charge in [-0.3, -0.25) is 4.79 Å². The fourth-order valence-electron chi connectivity index (χ4n) is 2.05. The van der Waals surface area contributed by atoms with Crippen LogP contribution in [0.25, 0.3) is 0 Å². The van der Waals surface area contributed by atoms with E-state index in [-0.39, 0.29) is 18.1 Å². The fourth-order valence-corrected chi connectivity index (χ4v) is 4.37. The Hall–Kier alpha value is -1.93. The van der Waals surface area contributed by atoms with Gasteiger partial charge < -0.3 is 9.87 Å². The van der Waals surface area contributed by atoms with Gasteiger partial charge in [-0.1, -0.05) is 35.1 Å². The van der Waals surface area contributed by atoms with Crippen LogP contribution in [0.2, 0.25) is 5.02 Å². The van der Waals surface area contributed by atoms with E-state index in [1.807, 2.05) is 0 Å². The molecule has 3 rings (SSSR count).